The van der Waals surface area contributed by atoms with Crippen molar-refractivity contribution in [2.45, 2.75) is 31.1 Å². The Morgan fingerprint density at radius 2 is 1.86 bits per heavy atom. The minimum atomic E-state index is -0.817. The molecule has 1 unspecified atom stereocenters. The molecule has 0 fully saturated rings. The highest BCUT2D eigenvalue weighted by molar-refractivity contribution is 6.30. The summed E-state index contributed by atoms with van der Waals surface area (Å²) in [7, 11) is 0. The van der Waals surface area contributed by atoms with Crippen LogP contribution in [0.2, 0.25) is 5.02 Å². The summed E-state index contributed by atoms with van der Waals surface area (Å²) in [5.41, 5.74) is 2.33. The lowest BCUT2D eigenvalue weighted by molar-refractivity contribution is -0.144. The molecule has 2 aromatic carbocycles. The van der Waals surface area contributed by atoms with Crippen molar-refractivity contribution in [3.8, 4) is 0 Å². The van der Waals surface area contributed by atoms with E-state index in [1.807, 2.05) is 48.5 Å². The third-order valence-corrected chi connectivity index (χ3v) is 4.66. The molecule has 0 amide bonds. The number of aliphatic carboxylic acids is 1. The van der Waals surface area contributed by atoms with Gasteiger partial charge in [-0.25, -0.2) is 0 Å². The molecule has 0 spiro atoms. The number of rotatable bonds is 3. The van der Waals surface area contributed by atoms with Gasteiger partial charge in [-0.15, -0.1) is 0 Å². The molecule has 0 bridgehead atoms. The zero-order valence-electron chi connectivity index (χ0n) is 11.7. The molecule has 0 saturated heterocycles. The van der Waals surface area contributed by atoms with Crippen molar-refractivity contribution < 1.29 is 9.90 Å². The number of carboxylic acids is 1. The quantitative estimate of drug-likeness (QED) is 0.920. The van der Waals surface area contributed by atoms with E-state index in [1.165, 1.54) is 5.56 Å². The zero-order valence-corrected chi connectivity index (χ0v) is 12.4. The highest BCUT2D eigenvalue weighted by atomic mass is 35.5. The largest absolute Gasteiger partial charge is 0.481 e. The van der Waals surface area contributed by atoms with Crippen LogP contribution in [0.25, 0.3) is 0 Å². The van der Waals surface area contributed by atoms with E-state index in [-0.39, 0.29) is 0 Å². The average Bonchev–Trinajstić information content (AvgIpc) is 2.50. The van der Waals surface area contributed by atoms with E-state index >= 15 is 0 Å². The van der Waals surface area contributed by atoms with E-state index in [4.69, 9.17) is 11.6 Å². The van der Waals surface area contributed by atoms with Gasteiger partial charge in [-0.2, -0.15) is 0 Å². The van der Waals surface area contributed by atoms with Crippen LogP contribution < -0.4 is 0 Å². The zero-order chi connectivity index (χ0) is 14.9. The van der Waals surface area contributed by atoms with Gasteiger partial charge in [0.05, 0.1) is 5.41 Å². The van der Waals surface area contributed by atoms with E-state index in [0.29, 0.717) is 17.9 Å². The Hall–Kier alpha value is -1.80. The number of carboxylic acid groups (broad SMARTS) is 1. The van der Waals surface area contributed by atoms with Crippen LogP contribution in [0.15, 0.2) is 48.5 Å². The highest BCUT2D eigenvalue weighted by Gasteiger charge is 2.43. The Morgan fingerprint density at radius 1 is 1.14 bits per heavy atom. The second-order valence-electron chi connectivity index (χ2n) is 5.70. The van der Waals surface area contributed by atoms with Crippen molar-refractivity contribution in [1.29, 1.82) is 0 Å². The lowest BCUT2D eigenvalue weighted by atomic mass is 9.67. The van der Waals surface area contributed by atoms with Gasteiger partial charge in [0.15, 0.2) is 0 Å². The number of carbonyl (C=O) groups is 1. The monoisotopic (exact) mass is 300 g/mol. The first-order valence-corrected chi connectivity index (χ1v) is 7.56. The Bertz CT molecular complexity index is 663. The normalized spacial score (nSPS) is 20.8. The summed E-state index contributed by atoms with van der Waals surface area (Å²) in [5, 5.41) is 10.6. The first-order chi connectivity index (χ1) is 10.1. The summed E-state index contributed by atoms with van der Waals surface area (Å²) in [6.07, 6.45) is 3.07. The summed E-state index contributed by atoms with van der Waals surface area (Å²) >= 11 is 5.92. The summed E-state index contributed by atoms with van der Waals surface area (Å²) in [6, 6.07) is 15.4. The molecule has 108 valence electrons. The SMILES string of the molecule is O=C(O)C1(Cc2ccc(Cl)cc2)CCCc2ccccc21. The minimum absolute atomic E-state index is 0.510. The van der Waals surface area contributed by atoms with Gasteiger partial charge in [-0.3, -0.25) is 4.79 Å². The van der Waals surface area contributed by atoms with E-state index < -0.39 is 11.4 Å². The molecule has 1 atom stereocenters. The number of hydrogen-bond donors (Lipinski definition) is 1. The Morgan fingerprint density at radius 3 is 2.57 bits per heavy atom. The molecule has 2 aromatic rings. The molecule has 0 aliphatic heterocycles. The number of benzene rings is 2. The van der Waals surface area contributed by atoms with Crippen LogP contribution in [0.1, 0.15) is 29.5 Å². The molecule has 1 N–H and O–H groups in total. The molecule has 21 heavy (non-hydrogen) atoms. The van der Waals surface area contributed by atoms with Gasteiger partial charge in [0, 0.05) is 5.02 Å². The maximum atomic E-state index is 12.1. The fraction of sp³-hybridized carbons (Fsp3) is 0.278. The highest BCUT2D eigenvalue weighted by Crippen LogP contribution is 2.40. The lowest BCUT2D eigenvalue weighted by Gasteiger charge is -2.35. The number of halogens is 1. The van der Waals surface area contributed by atoms with E-state index in [9.17, 15) is 9.90 Å². The van der Waals surface area contributed by atoms with Gasteiger partial charge < -0.3 is 5.11 Å². The smallest absolute Gasteiger partial charge is 0.314 e. The fourth-order valence-corrected chi connectivity index (χ4v) is 3.48. The lowest BCUT2D eigenvalue weighted by Crippen LogP contribution is -2.41. The van der Waals surface area contributed by atoms with Gasteiger partial charge in [-0.1, -0.05) is 48.0 Å². The van der Waals surface area contributed by atoms with Gasteiger partial charge >= 0.3 is 5.97 Å². The summed E-state index contributed by atoms with van der Waals surface area (Å²) in [4.78, 5) is 12.1. The molecular formula is C18H17ClO2. The molecule has 3 heteroatoms. The van der Waals surface area contributed by atoms with Crippen LogP contribution in [0, 0.1) is 0 Å². The van der Waals surface area contributed by atoms with Crippen molar-refractivity contribution in [2.24, 2.45) is 0 Å². The number of aryl methyl sites for hydroxylation is 1. The Labute approximate surface area is 129 Å². The maximum Gasteiger partial charge on any atom is 0.314 e. The van der Waals surface area contributed by atoms with Crippen LogP contribution in [0.3, 0.4) is 0 Å². The molecule has 3 rings (SSSR count). The molecule has 0 aromatic heterocycles. The molecule has 0 radical (unpaired) electrons. The molecule has 2 nitrogen and oxygen atoms in total. The summed E-state index contributed by atoms with van der Waals surface area (Å²) in [5.74, 6) is -0.732. The third-order valence-electron chi connectivity index (χ3n) is 4.41. The Kier molecular flexibility index (Phi) is 3.73. The topological polar surface area (TPSA) is 37.3 Å². The van der Waals surface area contributed by atoms with Crippen LogP contribution in [0.4, 0.5) is 0 Å². The predicted octanol–water partition coefficient (Wildman–Crippen LogP) is 4.24. The first kappa shape index (κ1) is 14.2. The van der Waals surface area contributed by atoms with E-state index in [1.54, 1.807) is 0 Å². The molecule has 1 aliphatic rings. The third kappa shape index (κ3) is 2.56. The van der Waals surface area contributed by atoms with Crippen molar-refractivity contribution in [1.82, 2.24) is 0 Å². The predicted molar refractivity (Wildman–Crippen MR) is 83.8 cm³/mol. The summed E-state index contributed by atoms with van der Waals surface area (Å²) < 4.78 is 0. The van der Waals surface area contributed by atoms with Gasteiger partial charge in [0.25, 0.3) is 0 Å². The standard InChI is InChI=1S/C18H17ClO2/c19-15-9-7-13(8-10-15)12-18(17(20)21)11-3-5-14-4-1-2-6-16(14)18/h1-2,4,6-10H,3,5,11-12H2,(H,20,21). The summed E-state index contributed by atoms with van der Waals surface area (Å²) in [6.45, 7) is 0. The number of fused-ring (bicyclic) bond motifs is 1. The van der Waals surface area contributed by atoms with Crippen LogP contribution >= 0.6 is 11.6 Å². The van der Waals surface area contributed by atoms with Crippen LogP contribution in [-0.2, 0) is 23.1 Å². The Balaban J connectivity index is 2.05. The molecule has 1 aliphatic carbocycles. The van der Waals surface area contributed by atoms with E-state index in [0.717, 1.165) is 24.0 Å². The average molecular weight is 301 g/mol. The van der Waals surface area contributed by atoms with Crippen LogP contribution in [-0.4, -0.2) is 11.1 Å². The van der Waals surface area contributed by atoms with E-state index in [2.05, 4.69) is 0 Å². The minimum Gasteiger partial charge on any atom is -0.481 e. The number of hydrogen-bond acceptors (Lipinski definition) is 1. The maximum absolute atomic E-state index is 12.1. The van der Waals surface area contributed by atoms with Gasteiger partial charge in [-0.05, 0) is 54.5 Å². The first-order valence-electron chi connectivity index (χ1n) is 7.18. The van der Waals surface area contributed by atoms with Crippen LogP contribution in [0.5, 0.6) is 0 Å². The van der Waals surface area contributed by atoms with Crippen molar-refractivity contribution in [3.05, 3.63) is 70.2 Å². The van der Waals surface area contributed by atoms with Gasteiger partial charge in [0.2, 0.25) is 0 Å². The second-order valence-corrected chi connectivity index (χ2v) is 6.14. The van der Waals surface area contributed by atoms with Gasteiger partial charge in [0.1, 0.15) is 0 Å². The fourth-order valence-electron chi connectivity index (χ4n) is 3.35. The van der Waals surface area contributed by atoms with Crippen molar-refractivity contribution in [2.75, 3.05) is 0 Å². The van der Waals surface area contributed by atoms with Crippen molar-refractivity contribution in [3.63, 3.8) is 0 Å². The second kappa shape index (κ2) is 5.53. The molecule has 0 heterocycles. The molecular weight excluding hydrogens is 284 g/mol. The van der Waals surface area contributed by atoms with Crippen molar-refractivity contribution >= 4 is 17.6 Å². The molecule has 0 saturated carbocycles.